The molecule has 0 amide bonds. The lowest BCUT2D eigenvalue weighted by Crippen LogP contribution is -2.23. The molecule has 3 nitrogen and oxygen atoms in total. The van der Waals surface area contributed by atoms with Crippen LogP contribution in [0.1, 0.15) is 26.2 Å². The maximum absolute atomic E-state index is 13.1. The first-order valence-electron chi connectivity index (χ1n) is 6.92. The van der Waals surface area contributed by atoms with Gasteiger partial charge in [-0.2, -0.15) is 0 Å². The van der Waals surface area contributed by atoms with Gasteiger partial charge >= 0.3 is 0 Å². The van der Waals surface area contributed by atoms with Crippen molar-refractivity contribution in [2.45, 2.75) is 31.1 Å². The molecule has 0 fully saturated rings. The molecule has 6 heteroatoms. The Morgan fingerprint density at radius 2 is 2.05 bits per heavy atom. The number of benzene rings is 1. The van der Waals surface area contributed by atoms with Gasteiger partial charge in [0.25, 0.3) is 0 Å². The Balaban J connectivity index is 1.89. The number of ketones is 2. The zero-order valence-corrected chi connectivity index (χ0v) is 12.9. The first-order valence-corrected chi connectivity index (χ1v) is 7.91. The second-order valence-corrected chi connectivity index (χ2v) is 6.46. The summed E-state index contributed by atoms with van der Waals surface area (Å²) < 4.78 is 25.9. The third-order valence-corrected chi connectivity index (χ3v) is 4.59. The third kappa shape index (κ3) is 3.94. The Labute approximate surface area is 131 Å². The molecule has 118 valence electrons. The van der Waals surface area contributed by atoms with Gasteiger partial charge in [-0.25, -0.2) is 8.78 Å². The Hall–Kier alpha value is -1.69. The summed E-state index contributed by atoms with van der Waals surface area (Å²) >= 11 is 1.36. The predicted octanol–water partition coefficient (Wildman–Crippen LogP) is 3.83. The zero-order chi connectivity index (χ0) is 16.3. The fourth-order valence-corrected chi connectivity index (χ4v) is 3.52. The molecule has 1 aromatic rings. The summed E-state index contributed by atoms with van der Waals surface area (Å²) in [7, 11) is 0. The van der Waals surface area contributed by atoms with Gasteiger partial charge in [-0.15, -0.1) is 11.8 Å². The van der Waals surface area contributed by atoms with Gasteiger partial charge in [-0.05, 0) is 43.2 Å². The molecule has 1 aliphatic rings. The number of halogens is 2. The highest BCUT2D eigenvalue weighted by molar-refractivity contribution is 7.99. The second kappa shape index (κ2) is 7.05. The summed E-state index contributed by atoms with van der Waals surface area (Å²) in [6, 6.07) is 3.72. The molecule has 1 atom stereocenters. The highest BCUT2D eigenvalue weighted by atomic mass is 32.2. The van der Waals surface area contributed by atoms with Gasteiger partial charge in [0.2, 0.25) is 0 Å². The second-order valence-electron chi connectivity index (χ2n) is 5.29. The minimum absolute atomic E-state index is 0.0339. The van der Waals surface area contributed by atoms with Crippen molar-refractivity contribution in [2.75, 3.05) is 5.75 Å². The highest BCUT2D eigenvalue weighted by Gasteiger charge is 2.29. The largest absolute Gasteiger partial charge is 0.511 e. The van der Waals surface area contributed by atoms with Crippen LogP contribution in [-0.4, -0.2) is 22.4 Å². The summed E-state index contributed by atoms with van der Waals surface area (Å²) in [5.74, 6) is -2.04. The van der Waals surface area contributed by atoms with Gasteiger partial charge < -0.3 is 5.11 Å². The summed E-state index contributed by atoms with van der Waals surface area (Å²) in [6.07, 6.45) is 1.18. The fraction of sp³-hybridized carbons (Fsp3) is 0.375. The minimum atomic E-state index is -0.885. The van der Waals surface area contributed by atoms with Gasteiger partial charge in [-0.3, -0.25) is 9.59 Å². The molecule has 1 aliphatic carbocycles. The van der Waals surface area contributed by atoms with E-state index in [1.807, 2.05) is 0 Å². The monoisotopic (exact) mass is 326 g/mol. The van der Waals surface area contributed by atoms with Crippen LogP contribution in [0.25, 0.3) is 0 Å². The average molecular weight is 326 g/mol. The van der Waals surface area contributed by atoms with Crippen molar-refractivity contribution >= 4 is 23.3 Å². The number of Topliss-reactive ketones (excluding diaryl/α,β-unsaturated/α-hetero) is 2. The molecule has 0 bridgehead atoms. The van der Waals surface area contributed by atoms with Crippen molar-refractivity contribution in [1.29, 1.82) is 0 Å². The molecule has 0 saturated carbocycles. The Bertz CT molecular complexity index is 640. The Morgan fingerprint density at radius 3 is 2.64 bits per heavy atom. The van der Waals surface area contributed by atoms with Gasteiger partial charge in [0.1, 0.15) is 5.76 Å². The van der Waals surface area contributed by atoms with E-state index in [2.05, 4.69) is 0 Å². The molecule has 1 aromatic carbocycles. The maximum Gasteiger partial charge on any atom is 0.170 e. The number of rotatable bonds is 5. The maximum atomic E-state index is 13.1. The molecular weight excluding hydrogens is 310 g/mol. The van der Waals surface area contributed by atoms with Crippen LogP contribution in [0.3, 0.4) is 0 Å². The highest BCUT2D eigenvalue weighted by Crippen LogP contribution is 2.31. The quantitative estimate of drug-likeness (QED) is 0.660. The molecule has 0 radical (unpaired) electrons. The number of carbonyl (C=O) groups excluding carboxylic acids is 2. The molecule has 22 heavy (non-hydrogen) atoms. The number of aliphatic hydroxyl groups excluding tert-OH is 1. The van der Waals surface area contributed by atoms with Crippen LogP contribution < -0.4 is 0 Å². The first kappa shape index (κ1) is 16.7. The van der Waals surface area contributed by atoms with Crippen molar-refractivity contribution in [3.63, 3.8) is 0 Å². The number of hydrogen-bond acceptors (Lipinski definition) is 4. The standard InChI is InChI=1S/C16H16F2O3S/c1-9(19)16-14(20)6-10(7-15(16)21)4-5-22-11-2-3-12(17)13(18)8-11/h2-3,8,10,20H,4-7H2,1H3. The lowest BCUT2D eigenvalue weighted by Gasteiger charge is -2.22. The topological polar surface area (TPSA) is 54.4 Å². The molecular formula is C16H16F2O3S. The van der Waals surface area contributed by atoms with Gasteiger partial charge in [0.15, 0.2) is 23.2 Å². The zero-order valence-electron chi connectivity index (χ0n) is 12.1. The number of hydrogen-bond donors (Lipinski definition) is 1. The van der Waals surface area contributed by atoms with Crippen LogP contribution in [0.15, 0.2) is 34.4 Å². The van der Waals surface area contributed by atoms with E-state index in [-0.39, 0.29) is 29.5 Å². The SMILES string of the molecule is CC(=O)C1=C(O)CC(CCSc2ccc(F)c(F)c2)CC1=O. The van der Waals surface area contributed by atoms with E-state index in [4.69, 9.17) is 0 Å². The van der Waals surface area contributed by atoms with Crippen molar-refractivity contribution in [3.8, 4) is 0 Å². The molecule has 0 aromatic heterocycles. The van der Waals surface area contributed by atoms with E-state index in [1.54, 1.807) is 0 Å². The summed E-state index contributed by atoms with van der Waals surface area (Å²) in [5, 5.41) is 9.80. The average Bonchev–Trinajstić information content (AvgIpc) is 2.41. The molecule has 0 spiro atoms. The Kier molecular flexibility index (Phi) is 5.34. The van der Waals surface area contributed by atoms with E-state index in [0.29, 0.717) is 23.5 Å². The smallest absolute Gasteiger partial charge is 0.170 e. The number of aliphatic hydroxyl groups is 1. The van der Waals surface area contributed by atoms with Gasteiger partial charge in [0.05, 0.1) is 5.57 Å². The van der Waals surface area contributed by atoms with Crippen molar-refractivity contribution in [3.05, 3.63) is 41.2 Å². The molecule has 2 rings (SSSR count). The van der Waals surface area contributed by atoms with Gasteiger partial charge in [0, 0.05) is 17.7 Å². The van der Waals surface area contributed by atoms with Gasteiger partial charge in [-0.1, -0.05) is 0 Å². The van der Waals surface area contributed by atoms with Crippen molar-refractivity contribution < 1.29 is 23.5 Å². The summed E-state index contributed by atoms with van der Waals surface area (Å²) in [6.45, 7) is 1.27. The van der Waals surface area contributed by atoms with Crippen LogP contribution in [-0.2, 0) is 9.59 Å². The molecule has 0 heterocycles. The lowest BCUT2D eigenvalue weighted by atomic mass is 9.84. The number of thioether (sulfide) groups is 1. The minimum Gasteiger partial charge on any atom is -0.511 e. The first-order chi connectivity index (χ1) is 10.4. The number of carbonyl (C=O) groups is 2. The van der Waals surface area contributed by atoms with E-state index in [0.717, 1.165) is 12.1 Å². The van der Waals surface area contributed by atoms with Crippen LogP contribution in [0.2, 0.25) is 0 Å². The molecule has 1 unspecified atom stereocenters. The normalized spacial score (nSPS) is 18.7. The van der Waals surface area contributed by atoms with E-state index in [1.165, 1.54) is 24.8 Å². The predicted molar refractivity (Wildman–Crippen MR) is 79.8 cm³/mol. The molecule has 0 saturated heterocycles. The fourth-order valence-electron chi connectivity index (χ4n) is 2.49. The van der Waals surface area contributed by atoms with Crippen molar-refractivity contribution in [1.82, 2.24) is 0 Å². The van der Waals surface area contributed by atoms with Crippen molar-refractivity contribution in [2.24, 2.45) is 5.92 Å². The van der Waals surface area contributed by atoms with Crippen LogP contribution in [0.5, 0.6) is 0 Å². The summed E-state index contributed by atoms with van der Waals surface area (Å²) in [4.78, 5) is 23.7. The van der Waals surface area contributed by atoms with Crippen LogP contribution in [0, 0.1) is 17.6 Å². The van der Waals surface area contributed by atoms with E-state index < -0.39 is 17.4 Å². The van der Waals surface area contributed by atoms with E-state index >= 15 is 0 Å². The third-order valence-electron chi connectivity index (χ3n) is 3.56. The summed E-state index contributed by atoms with van der Waals surface area (Å²) in [5.41, 5.74) is -0.0792. The molecule has 0 aliphatic heterocycles. The molecule has 1 N–H and O–H groups in total. The Morgan fingerprint density at radius 1 is 1.32 bits per heavy atom. The van der Waals surface area contributed by atoms with Crippen LogP contribution in [0.4, 0.5) is 8.78 Å². The lowest BCUT2D eigenvalue weighted by molar-refractivity contribution is -0.122. The van der Waals surface area contributed by atoms with Crippen LogP contribution >= 0.6 is 11.8 Å². The number of allylic oxidation sites excluding steroid dienone is 2. The van der Waals surface area contributed by atoms with E-state index in [9.17, 15) is 23.5 Å².